The summed E-state index contributed by atoms with van der Waals surface area (Å²) in [4.78, 5) is 2.16. The average Bonchev–Trinajstić information content (AvgIpc) is 2.29. The summed E-state index contributed by atoms with van der Waals surface area (Å²) in [5, 5.41) is 0. The van der Waals surface area contributed by atoms with E-state index in [2.05, 4.69) is 11.9 Å². The molecule has 84 valence electrons. The summed E-state index contributed by atoms with van der Waals surface area (Å²) < 4.78 is 10.4. The number of anilines is 1. The maximum atomic E-state index is 5.30. The summed E-state index contributed by atoms with van der Waals surface area (Å²) in [7, 11) is 3.73. The van der Waals surface area contributed by atoms with E-state index in [9.17, 15) is 0 Å². The van der Waals surface area contributed by atoms with Crippen molar-refractivity contribution in [2.75, 3.05) is 38.8 Å². The molecule has 0 unspecified atom stereocenters. The molecule has 0 saturated heterocycles. The van der Waals surface area contributed by atoms with Crippen molar-refractivity contribution in [3.05, 3.63) is 24.3 Å². The van der Waals surface area contributed by atoms with Crippen molar-refractivity contribution < 1.29 is 9.47 Å². The minimum atomic E-state index is 0.763. The fraction of sp³-hybridized carbons (Fsp3) is 0.500. The van der Waals surface area contributed by atoms with Crippen LogP contribution < -0.4 is 9.64 Å². The van der Waals surface area contributed by atoms with E-state index >= 15 is 0 Å². The largest absolute Gasteiger partial charge is 0.497 e. The Morgan fingerprint density at radius 2 is 1.87 bits per heavy atom. The zero-order valence-corrected chi connectivity index (χ0v) is 9.69. The van der Waals surface area contributed by atoms with Crippen LogP contribution in [0.25, 0.3) is 0 Å². The number of hydrogen-bond acceptors (Lipinski definition) is 3. The third kappa shape index (κ3) is 3.80. The van der Waals surface area contributed by atoms with Crippen LogP contribution in [0.4, 0.5) is 5.69 Å². The molecule has 0 spiro atoms. The van der Waals surface area contributed by atoms with Gasteiger partial charge in [0.05, 0.1) is 13.7 Å². The molecular formula is C12H19NO2. The van der Waals surface area contributed by atoms with E-state index in [-0.39, 0.29) is 0 Å². The molecule has 1 rings (SSSR count). The van der Waals surface area contributed by atoms with Crippen molar-refractivity contribution in [3.63, 3.8) is 0 Å². The Labute approximate surface area is 91.6 Å². The second-order valence-corrected chi connectivity index (χ2v) is 3.32. The SMILES string of the molecule is CCOCCN(C)c1ccc(OC)cc1. The number of nitrogens with zero attached hydrogens (tertiary/aromatic N) is 1. The van der Waals surface area contributed by atoms with Crippen LogP contribution in [-0.4, -0.2) is 33.9 Å². The van der Waals surface area contributed by atoms with Gasteiger partial charge in [0.25, 0.3) is 0 Å². The number of benzene rings is 1. The van der Waals surface area contributed by atoms with Crippen molar-refractivity contribution in [3.8, 4) is 5.75 Å². The molecule has 0 radical (unpaired) electrons. The molecule has 3 nitrogen and oxygen atoms in total. The van der Waals surface area contributed by atoms with E-state index in [0.717, 1.165) is 25.5 Å². The average molecular weight is 209 g/mol. The molecule has 0 atom stereocenters. The van der Waals surface area contributed by atoms with Gasteiger partial charge in [-0.05, 0) is 31.2 Å². The van der Waals surface area contributed by atoms with Gasteiger partial charge in [0.2, 0.25) is 0 Å². The number of hydrogen-bond donors (Lipinski definition) is 0. The van der Waals surface area contributed by atoms with Gasteiger partial charge in [-0.1, -0.05) is 0 Å². The quantitative estimate of drug-likeness (QED) is 0.670. The molecular weight excluding hydrogens is 190 g/mol. The van der Waals surface area contributed by atoms with E-state index < -0.39 is 0 Å². The van der Waals surface area contributed by atoms with E-state index in [4.69, 9.17) is 9.47 Å². The highest BCUT2D eigenvalue weighted by Crippen LogP contribution is 2.17. The Bertz CT molecular complexity index is 271. The molecule has 0 heterocycles. The van der Waals surface area contributed by atoms with Crippen LogP contribution in [0.5, 0.6) is 5.75 Å². The monoisotopic (exact) mass is 209 g/mol. The molecule has 0 fully saturated rings. The summed E-state index contributed by atoms with van der Waals surface area (Å²) in [6.45, 7) is 4.45. The lowest BCUT2D eigenvalue weighted by Crippen LogP contribution is -2.22. The van der Waals surface area contributed by atoms with Gasteiger partial charge < -0.3 is 14.4 Å². The highest BCUT2D eigenvalue weighted by Gasteiger charge is 2.00. The Balaban J connectivity index is 2.46. The van der Waals surface area contributed by atoms with Gasteiger partial charge in [-0.15, -0.1) is 0 Å². The van der Waals surface area contributed by atoms with Gasteiger partial charge in [-0.25, -0.2) is 0 Å². The van der Waals surface area contributed by atoms with Crippen LogP contribution in [-0.2, 0) is 4.74 Å². The zero-order chi connectivity index (χ0) is 11.1. The molecule has 0 bridgehead atoms. The van der Waals surface area contributed by atoms with Gasteiger partial charge in [-0.3, -0.25) is 0 Å². The first-order chi connectivity index (χ1) is 7.27. The minimum absolute atomic E-state index is 0.763. The summed E-state index contributed by atoms with van der Waals surface area (Å²) in [6, 6.07) is 8.02. The van der Waals surface area contributed by atoms with Crippen LogP contribution in [0.3, 0.4) is 0 Å². The number of methoxy groups -OCH3 is 1. The van der Waals surface area contributed by atoms with Gasteiger partial charge in [0, 0.05) is 25.9 Å². The second-order valence-electron chi connectivity index (χ2n) is 3.32. The van der Waals surface area contributed by atoms with E-state index in [1.807, 2.05) is 31.2 Å². The highest BCUT2D eigenvalue weighted by atomic mass is 16.5. The lowest BCUT2D eigenvalue weighted by molar-refractivity contribution is 0.154. The molecule has 0 aliphatic rings. The Morgan fingerprint density at radius 1 is 1.20 bits per heavy atom. The number of likely N-dealkylation sites (N-methyl/N-ethyl adjacent to an activating group) is 1. The predicted octanol–water partition coefficient (Wildman–Crippen LogP) is 2.17. The lowest BCUT2D eigenvalue weighted by Gasteiger charge is -2.19. The summed E-state index contributed by atoms with van der Waals surface area (Å²) in [5.41, 5.74) is 1.18. The first-order valence-corrected chi connectivity index (χ1v) is 5.21. The third-order valence-electron chi connectivity index (χ3n) is 2.29. The molecule has 1 aromatic rings. The molecule has 0 aliphatic carbocycles. The predicted molar refractivity (Wildman–Crippen MR) is 62.8 cm³/mol. The van der Waals surface area contributed by atoms with Crippen molar-refractivity contribution in [2.24, 2.45) is 0 Å². The zero-order valence-electron chi connectivity index (χ0n) is 9.69. The Morgan fingerprint density at radius 3 is 2.40 bits per heavy atom. The standard InChI is InChI=1S/C12H19NO2/c1-4-15-10-9-13(2)11-5-7-12(14-3)8-6-11/h5-8H,4,9-10H2,1-3H3. The van der Waals surface area contributed by atoms with Crippen LogP contribution in [0, 0.1) is 0 Å². The van der Waals surface area contributed by atoms with Gasteiger partial charge in [-0.2, -0.15) is 0 Å². The molecule has 0 saturated carbocycles. The van der Waals surface area contributed by atoms with Crippen LogP contribution in [0.1, 0.15) is 6.92 Å². The number of rotatable bonds is 6. The smallest absolute Gasteiger partial charge is 0.119 e. The molecule has 0 amide bonds. The minimum Gasteiger partial charge on any atom is -0.497 e. The van der Waals surface area contributed by atoms with Crippen molar-refractivity contribution in [1.82, 2.24) is 0 Å². The van der Waals surface area contributed by atoms with Crippen molar-refractivity contribution >= 4 is 5.69 Å². The molecule has 0 aromatic heterocycles. The fourth-order valence-electron chi connectivity index (χ4n) is 1.31. The van der Waals surface area contributed by atoms with Gasteiger partial charge >= 0.3 is 0 Å². The van der Waals surface area contributed by atoms with Crippen LogP contribution in [0.2, 0.25) is 0 Å². The molecule has 3 heteroatoms. The van der Waals surface area contributed by atoms with Gasteiger partial charge in [0.15, 0.2) is 0 Å². The molecule has 15 heavy (non-hydrogen) atoms. The van der Waals surface area contributed by atoms with Crippen molar-refractivity contribution in [1.29, 1.82) is 0 Å². The first kappa shape index (κ1) is 11.9. The highest BCUT2D eigenvalue weighted by molar-refractivity contribution is 5.48. The second kappa shape index (κ2) is 6.30. The normalized spacial score (nSPS) is 10.1. The first-order valence-electron chi connectivity index (χ1n) is 5.21. The molecule has 1 aromatic carbocycles. The third-order valence-corrected chi connectivity index (χ3v) is 2.29. The summed E-state index contributed by atoms with van der Waals surface area (Å²) in [5.74, 6) is 0.886. The molecule has 0 aliphatic heterocycles. The summed E-state index contributed by atoms with van der Waals surface area (Å²) >= 11 is 0. The number of ether oxygens (including phenoxy) is 2. The topological polar surface area (TPSA) is 21.7 Å². The van der Waals surface area contributed by atoms with Gasteiger partial charge in [0.1, 0.15) is 5.75 Å². The van der Waals surface area contributed by atoms with Crippen LogP contribution >= 0.6 is 0 Å². The fourth-order valence-corrected chi connectivity index (χ4v) is 1.31. The Kier molecular flexibility index (Phi) is 4.98. The maximum absolute atomic E-state index is 5.30. The van der Waals surface area contributed by atoms with E-state index in [0.29, 0.717) is 0 Å². The Hall–Kier alpha value is -1.22. The lowest BCUT2D eigenvalue weighted by atomic mass is 10.3. The van der Waals surface area contributed by atoms with E-state index in [1.165, 1.54) is 5.69 Å². The van der Waals surface area contributed by atoms with Crippen molar-refractivity contribution in [2.45, 2.75) is 6.92 Å². The summed E-state index contributed by atoms with van der Waals surface area (Å²) in [6.07, 6.45) is 0. The maximum Gasteiger partial charge on any atom is 0.119 e. The molecule has 0 N–H and O–H groups in total. The van der Waals surface area contributed by atoms with Crippen LogP contribution in [0.15, 0.2) is 24.3 Å². The van der Waals surface area contributed by atoms with E-state index in [1.54, 1.807) is 7.11 Å².